The van der Waals surface area contributed by atoms with Crippen molar-refractivity contribution in [1.82, 2.24) is 19.6 Å². The molecule has 9 nitrogen and oxygen atoms in total. The SMILES string of the molecule is C=C/C=C(\C=C/CN1CC(=O)OC2(CCN(Cc3cn(C)nc3C/C=C\C=C/COC)CC2)C1)C(=O)O. The smallest absolute Gasteiger partial charge is 0.335 e. The van der Waals surface area contributed by atoms with Crippen LogP contribution in [0.1, 0.15) is 24.1 Å². The van der Waals surface area contributed by atoms with Crippen molar-refractivity contribution in [2.45, 2.75) is 31.4 Å². The molecule has 0 radical (unpaired) electrons. The van der Waals surface area contributed by atoms with E-state index in [-0.39, 0.29) is 18.1 Å². The molecule has 3 heterocycles. The summed E-state index contributed by atoms with van der Waals surface area (Å²) in [5.41, 5.74) is 1.93. The Kier molecular flexibility index (Phi) is 10.6. The Hall–Kier alpha value is -3.27. The number of hydrogen-bond acceptors (Lipinski definition) is 7. The number of aryl methyl sites for hydroxylation is 1. The Morgan fingerprint density at radius 3 is 2.70 bits per heavy atom. The molecular weight excluding hydrogens is 472 g/mol. The predicted octanol–water partition coefficient (Wildman–Crippen LogP) is 2.67. The lowest BCUT2D eigenvalue weighted by molar-refractivity contribution is -0.180. The molecule has 2 fully saturated rings. The largest absolute Gasteiger partial charge is 0.478 e. The molecule has 0 bridgehead atoms. The van der Waals surface area contributed by atoms with E-state index >= 15 is 0 Å². The van der Waals surface area contributed by atoms with Crippen molar-refractivity contribution in [3.8, 4) is 0 Å². The maximum absolute atomic E-state index is 12.4. The highest BCUT2D eigenvalue weighted by molar-refractivity contribution is 5.90. The second kappa shape index (κ2) is 13.9. The number of ether oxygens (including phenoxy) is 2. The van der Waals surface area contributed by atoms with Gasteiger partial charge in [-0.25, -0.2) is 4.79 Å². The standard InChI is InChI=1S/C28H38N4O5/c1-4-10-23(27(34)35)11-9-15-32-21-26(33)37-28(22-32)13-16-31(17-14-28)20-24-19-30(2)29-25(24)12-7-5-6-8-18-36-3/h4-11,19H,1,12-18,20-22H2,2-3H3,(H,34,35)/b7-5-,8-6-,11-9-,23-10+. The highest BCUT2D eigenvalue weighted by Crippen LogP contribution is 2.31. The third-order valence-electron chi connectivity index (χ3n) is 6.51. The molecule has 2 saturated heterocycles. The van der Waals surface area contributed by atoms with Gasteiger partial charge in [-0.3, -0.25) is 19.3 Å². The molecule has 1 aromatic rings. The second-order valence-electron chi connectivity index (χ2n) is 9.46. The number of esters is 1. The van der Waals surface area contributed by atoms with Gasteiger partial charge < -0.3 is 14.6 Å². The molecule has 3 rings (SSSR count). The van der Waals surface area contributed by atoms with E-state index in [2.05, 4.69) is 28.9 Å². The zero-order chi connectivity index (χ0) is 26.7. The Morgan fingerprint density at radius 1 is 1.24 bits per heavy atom. The fourth-order valence-electron chi connectivity index (χ4n) is 4.73. The Balaban J connectivity index is 1.54. The van der Waals surface area contributed by atoms with Gasteiger partial charge in [0.15, 0.2) is 0 Å². The van der Waals surface area contributed by atoms with Crippen molar-refractivity contribution in [2.75, 3.05) is 46.4 Å². The van der Waals surface area contributed by atoms with E-state index < -0.39 is 11.6 Å². The molecule has 0 aromatic carbocycles. The molecule has 9 heteroatoms. The molecule has 1 N–H and O–H groups in total. The van der Waals surface area contributed by atoms with E-state index in [0.717, 1.165) is 44.6 Å². The molecule has 2 aliphatic rings. The number of carbonyl (C=O) groups is 2. The Bertz CT molecular complexity index is 1060. The summed E-state index contributed by atoms with van der Waals surface area (Å²) in [6.07, 6.45) is 18.6. The molecule has 0 amide bonds. The first-order valence-electron chi connectivity index (χ1n) is 12.6. The molecule has 200 valence electrons. The van der Waals surface area contributed by atoms with Crippen LogP contribution in [-0.2, 0) is 39.1 Å². The van der Waals surface area contributed by atoms with Gasteiger partial charge >= 0.3 is 11.9 Å². The summed E-state index contributed by atoms with van der Waals surface area (Å²) in [6.45, 7) is 7.93. The number of allylic oxidation sites excluding steroid dienone is 5. The zero-order valence-electron chi connectivity index (χ0n) is 21.8. The van der Waals surface area contributed by atoms with Gasteiger partial charge in [0.2, 0.25) is 0 Å². The van der Waals surface area contributed by atoms with Gasteiger partial charge in [-0.2, -0.15) is 5.10 Å². The average molecular weight is 511 g/mol. The van der Waals surface area contributed by atoms with Crippen molar-refractivity contribution in [3.63, 3.8) is 0 Å². The van der Waals surface area contributed by atoms with E-state index in [1.54, 1.807) is 19.3 Å². The minimum absolute atomic E-state index is 0.158. The molecule has 37 heavy (non-hydrogen) atoms. The van der Waals surface area contributed by atoms with Crippen molar-refractivity contribution in [2.24, 2.45) is 7.05 Å². The first kappa shape index (κ1) is 28.3. The highest BCUT2D eigenvalue weighted by Gasteiger charge is 2.43. The van der Waals surface area contributed by atoms with Gasteiger partial charge in [-0.1, -0.05) is 49.1 Å². The lowest BCUT2D eigenvalue weighted by atomic mass is 9.89. The number of carboxylic acid groups (broad SMARTS) is 1. The van der Waals surface area contributed by atoms with E-state index in [4.69, 9.17) is 9.47 Å². The maximum Gasteiger partial charge on any atom is 0.335 e. The van der Waals surface area contributed by atoms with Gasteiger partial charge in [-0.15, -0.1) is 0 Å². The number of aliphatic carboxylic acids is 1. The number of likely N-dealkylation sites (tertiary alicyclic amines) is 1. The monoisotopic (exact) mass is 510 g/mol. The van der Waals surface area contributed by atoms with Gasteiger partial charge in [0.25, 0.3) is 0 Å². The molecule has 0 atom stereocenters. The van der Waals surface area contributed by atoms with Crippen molar-refractivity contribution < 1.29 is 24.2 Å². The average Bonchev–Trinajstić information content (AvgIpc) is 3.20. The van der Waals surface area contributed by atoms with Crippen LogP contribution in [0, 0.1) is 0 Å². The predicted molar refractivity (Wildman–Crippen MR) is 142 cm³/mol. The first-order chi connectivity index (χ1) is 17.8. The number of rotatable bonds is 12. The second-order valence-corrected chi connectivity index (χ2v) is 9.46. The summed E-state index contributed by atoms with van der Waals surface area (Å²) < 4.78 is 12.7. The van der Waals surface area contributed by atoms with Gasteiger partial charge in [-0.05, 0) is 6.08 Å². The van der Waals surface area contributed by atoms with Crippen LogP contribution in [0.3, 0.4) is 0 Å². The van der Waals surface area contributed by atoms with Gasteiger partial charge in [0, 0.05) is 77.9 Å². The Morgan fingerprint density at radius 2 is 2.00 bits per heavy atom. The summed E-state index contributed by atoms with van der Waals surface area (Å²) in [6, 6.07) is 0. The van der Waals surface area contributed by atoms with Crippen LogP contribution in [-0.4, -0.2) is 88.7 Å². The number of piperidine rings is 1. The third-order valence-corrected chi connectivity index (χ3v) is 6.51. The molecular formula is C28H38N4O5. The lowest BCUT2D eigenvalue weighted by Crippen LogP contribution is -2.58. The molecule has 2 aliphatic heterocycles. The Labute approximate surface area is 219 Å². The summed E-state index contributed by atoms with van der Waals surface area (Å²) >= 11 is 0. The molecule has 0 aliphatic carbocycles. The van der Waals surface area contributed by atoms with Crippen LogP contribution in [0.5, 0.6) is 0 Å². The quantitative estimate of drug-likeness (QED) is 0.260. The summed E-state index contributed by atoms with van der Waals surface area (Å²) in [4.78, 5) is 28.1. The van der Waals surface area contributed by atoms with Gasteiger partial charge in [0.05, 0.1) is 24.4 Å². The molecule has 1 aromatic heterocycles. The van der Waals surface area contributed by atoms with Crippen LogP contribution in [0.15, 0.2) is 67.0 Å². The number of nitrogens with zero attached hydrogens (tertiary/aromatic N) is 4. The third kappa shape index (κ3) is 8.66. The number of carboxylic acids is 1. The first-order valence-corrected chi connectivity index (χ1v) is 12.6. The maximum atomic E-state index is 12.4. The van der Waals surface area contributed by atoms with E-state index in [1.807, 2.05) is 34.9 Å². The fourth-order valence-corrected chi connectivity index (χ4v) is 4.73. The number of hydrogen-bond donors (Lipinski definition) is 1. The highest BCUT2D eigenvalue weighted by atomic mass is 16.6. The fraction of sp³-hybridized carbons (Fsp3) is 0.464. The van der Waals surface area contributed by atoms with Crippen LogP contribution in [0.2, 0.25) is 0 Å². The summed E-state index contributed by atoms with van der Waals surface area (Å²) in [5.74, 6) is -1.24. The van der Waals surface area contributed by atoms with Crippen molar-refractivity contribution in [3.05, 3.63) is 78.2 Å². The molecule has 0 unspecified atom stereocenters. The minimum Gasteiger partial charge on any atom is -0.478 e. The van der Waals surface area contributed by atoms with E-state index in [9.17, 15) is 14.7 Å². The number of morpholine rings is 1. The topological polar surface area (TPSA) is 97.1 Å². The molecule has 0 saturated carbocycles. The van der Waals surface area contributed by atoms with Crippen LogP contribution < -0.4 is 0 Å². The van der Waals surface area contributed by atoms with Crippen molar-refractivity contribution >= 4 is 11.9 Å². The van der Waals surface area contributed by atoms with Crippen molar-refractivity contribution in [1.29, 1.82) is 0 Å². The van der Waals surface area contributed by atoms with Gasteiger partial charge in [0.1, 0.15) is 5.60 Å². The number of methoxy groups -OCH3 is 1. The molecule has 1 spiro atoms. The summed E-state index contributed by atoms with van der Waals surface area (Å²) in [5, 5.41) is 13.9. The summed E-state index contributed by atoms with van der Waals surface area (Å²) in [7, 11) is 3.61. The number of aromatic nitrogens is 2. The lowest BCUT2D eigenvalue weighted by Gasteiger charge is -2.46. The van der Waals surface area contributed by atoms with Crippen LogP contribution in [0.25, 0.3) is 0 Å². The van der Waals surface area contributed by atoms with E-state index in [0.29, 0.717) is 19.7 Å². The minimum atomic E-state index is -1.01. The zero-order valence-corrected chi connectivity index (χ0v) is 21.8. The van der Waals surface area contributed by atoms with E-state index in [1.165, 1.54) is 17.7 Å². The normalized spacial score (nSPS) is 19.4. The number of carbonyl (C=O) groups excluding carboxylic acids is 1. The van der Waals surface area contributed by atoms with Crippen LogP contribution >= 0.6 is 0 Å². The van der Waals surface area contributed by atoms with Crippen LogP contribution in [0.4, 0.5) is 0 Å².